The van der Waals surface area contributed by atoms with Crippen molar-refractivity contribution in [2.75, 3.05) is 17.2 Å². The Morgan fingerprint density at radius 1 is 1.09 bits per heavy atom. The second kappa shape index (κ2) is 10.3. The molecule has 2 aromatic heterocycles. The van der Waals surface area contributed by atoms with Gasteiger partial charge in [-0.15, -0.1) is 10.2 Å². The van der Waals surface area contributed by atoms with Gasteiger partial charge in [-0.2, -0.15) is 5.21 Å². The van der Waals surface area contributed by atoms with Crippen LogP contribution in [-0.4, -0.2) is 43.7 Å². The third-order valence-electron chi connectivity index (χ3n) is 5.42. The molecule has 0 aliphatic rings. The number of halogens is 1. The Morgan fingerprint density at radius 2 is 1.94 bits per heavy atom. The quantitative estimate of drug-likeness (QED) is 0.274. The fourth-order valence-electron chi connectivity index (χ4n) is 3.65. The van der Waals surface area contributed by atoms with Crippen LogP contribution in [0.5, 0.6) is 0 Å². The summed E-state index contributed by atoms with van der Waals surface area (Å²) in [5.74, 6) is 0.00692. The number of urea groups is 1. The van der Waals surface area contributed by atoms with Crippen LogP contribution in [0.15, 0.2) is 42.5 Å². The van der Waals surface area contributed by atoms with Gasteiger partial charge in [-0.05, 0) is 48.0 Å². The summed E-state index contributed by atoms with van der Waals surface area (Å²) >= 11 is 6.12. The van der Waals surface area contributed by atoms with E-state index >= 15 is 0 Å². The van der Waals surface area contributed by atoms with Crippen LogP contribution in [0.25, 0.3) is 22.3 Å². The number of fused-ring (bicyclic) bond motifs is 1. The van der Waals surface area contributed by atoms with Crippen molar-refractivity contribution in [1.82, 2.24) is 30.5 Å². The molecule has 4 N–H and O–H groups in total. The zero-order valence-electron chi connectivity index (χ0n) is 18.9. The number of aromatic amines is 1. The summed E-state index contributed by atoms with van der Waals surface area (Å²) in [4.78, 5) is 25.3. The van der Waals surface area contributed by atoms with E-state index in [1.54, 1.807) is 35.9 Å². The average Bonchev–Trinajstić information content (AvgIpc) is 3.47. The molecule has 10 nitrogen and oxygen atoms in total. The molecule has 0 radical (unpaired) electrons. The summed E-state index contributed by atoms with van der Waals surface area (Å²) in [5, 5.41) is 23.9. The second-order valence-corrected chi connectivity index (χ2v) is 8.27. The third-order valence-corrected chi connectivity index (χ3v) is 5.65. The Hall–Kier alpha value is -3.92. The number of aromatic nitrogens is 5. The molecular weight excluding hydrogens is 456 g/mol. The van der Waals surface area contributed by atoms with E-state index in [2.05, 4.69) is 43.5 Å². The molecule has 4 rings (SSSR count). The van der Waals surface area contributed by atoms with Crippen LogP contribution >= 0.6 is 11.6 Å². The summed E-state index contributed by atoms with van der Waals surface area (Å²) < 4.78 is 1.78. The number of carbonyl (C=O) groups is 2. The van der Waals surface area contributed by atoms with Crippen molar-refractivity contribution in [3.8, 4) is 11.4 Å². The normalized spacial score (nSPS) is 10.9. The minimum Gasteiger partial charge on any atom is -0.340 e. The number of nitrogens with one attached hydrogen (secondary N) is 4. The van der Waals surface area contributed by atoms with Gasteiger partial charge in [0.2, 0.25) is 5.82 Å². The number of H-pyrrole nitrogens is 1. The molecule has 2 aromatic carbocycles. The smallest absolute Gasteiger partial charge is 0.319 e. The number of hydrogen-bond acceptors (Lipinski definition) is 5. The van der Waals surface area contributed by atoms with Gasteiger partial charge in [0.15, 0.2) is 0 Å². The number of anilines is 2. The first-order valence-electron chi connectivity index (χ1n) is 11.0. The zero-order chi connectivity index (χ0) is 24.1. The summed E-state index contributed by atoms with van der Waals surface area (Å²) in [7, 11) is 1.80. The van der Waals surface area contributed by atoms with Gasteiger partial charge in [-0.25, -0.2) is 4.79 Å². The van der Waals surface area contributed by atoms with E-state index < -0.39 is 0 Å². The van der Waals surface area contributed by atoms with Crippen LogP contribution in [0, 0.1) is 0 Å². The van der Waals surface area contributed by atoms with Gasteiger partial charge in [-0.3, -0.25) is 4.79 Å². The fraction of sp³-hybridized carbons (Fsp3) is 0.261. The zero-order valence-corrected chi connectivity index (χ0v) is 19.6. The van der Waals surface area contributed by atoms with Gasteiger partial charge in [0.05, 0.1) is 11.2 Å². The van der Waals surface area contributed by atoms with Crippen molar-refractivity contribution in [2.45, 2.75) is 26.2 Å². The highest BCUT2D eigenvalue weighted by Crippen LogP contribution is 2.29. The van der Waals surface area contributed by atoms with Crippen molar-refractivity contribution in [3.63, 3.8) is 0 Å². The molecule has 11 heteroatoms. The lowest BCUT2D eigenvalue weighted by Crippen LogP contribution is -2.29. The minimum absolute atomic E-state index is 0.251. The fourth-order valence-corrected chi connectivity index (χ4v) is 3.82. The predicted molar refractivity (Wildman–Crippen MR) is 132 cm³/mol. The highest BCUT2D eigenvalue weighted by Gasteiger charge is 2.18. The maximum absolute atomic E-state index is 13.1. The molecule has 176 valence electrons. The number of benzene rings is 2. The topological polar surface area (TPSA) is 130 Å². The van der Waals surface area contributed by atoms with E-state index in [9.17, 15) is 9.59 Å². The summed E-state index contributed by atoms with van der Waals surface area (Å²) in [6.45, 7) is 2.75. The largest absolute Gasteiger partial charge is 0.340 e. The lowest BCUT2D eigenvalue weighted by Gasteiger charge is -2.10. The van der Waals surface area contributed by atoms with E-state index in [1.165, 1.54) is 0 Å². The SMILES string of the molecule is CCCCCNC(=O)Nc1ccc2cc(C(=O)Nc3ccc(Cl)cc3-c3nn[nH]n3)n(C)c2c1. The molecular formula is C23H25ClN8O2. The number of tetrazole rings is 1. The van der Waals surface area contributed by atoms with Crippen LogP contribution in [0.3, 0.4) is 0 Å². The number of hydrogen-bond donors (Lipinski definition) is 4. The number of aryl methyl sites for hydroxylation is 1. The molecule has 0 unspecified atom stereocenters. The average molecular weight is 481 g/mol. The molecule has 4 aromatic rings. The van der Waals surface area contributed by atoms with E-state index in [-0.39, 0.29) is 11.9 Å². The Labute approximate surface area is 201 Å². The Bertz CT molecular complexity index is 1320. The molecule has 0 spiro atoms. The highest BCUT2D eigenvalue weighted by atomic mass is 35.5. The standard InChI is InChI=1S/C23H25ClN8O2/c1-3-4-5-10-25-23(34)26-16-8-6-14-11-20(32(2)19(14)13-16)22(33)27-18-9-7-15(24)12-17(18)21-28-30-31-29-21/h6-9,11-13H,3-5,10H2,1-2H3,(H,27,33)(H2,25,26,34)(H,28,29,30,31). The maximum atomic E-state index is 13.1. The Balaban J connectivity index is 1.52. The summed E-state index contributed by atoms with van der Waals surface area (Å²) in [6, 6.07) is 12.1. The molecule has 0 atom stereocenters. The molecule has 0 aliphatic heterocycles. The van der Waals surface area contributed by atoms with Crippen molar-refractivity contribution in [1.29, 1.82) is 0 Å². The van der Waals surface area contributed by atoms with E-state index in [1.807, 2.05) is 18.2 Å². The summed E-state index contributed by atoms with van der Waals surface area (Å²) in [5.41, 5.74) is 2.95. The first-order chi connectivity index (χ1) is 16.5. The van der Waals surface area contributed by atoms with Gasteiger partial charge < -0.3 is 20.5 Å². The lowest BCUT2D eigenvalue weighted by molar-refractivity contribution is 0.101. The number of nitrogens with zero attached hydrogens (tertiary/aromatic N) is 4. The van der Waals surface area contributed by atoms with Crippen molar-refractivity contribution >= 4 is 45.8 Å². The molecule has 0 bridgehead atoms. The van der Waals surface area contributed by atoms with Crippen LogP contribution < -0.4 is 16.0 Å². The van der Waals surface area contributed by atoms with E-state index in [4.69, 9.17) is 11.6 Å². The number of rotatable bonds is 8. The third kappa shape index (κ3) is 5.18. The maximum Gasteiger partial charge on any atom is 0.319 e. The monoisotopic (exact) mass is 480 g/mol. The van der Waals surface area contributed by atoms with Crippen molar-refractivity contribution in [2.24, 2.45) is 7.05 Å². The molecule has 0 saturated heterocycles. The summed E-state index contributed by atoms with van der Waals surface area (Å²) in [6.07, 6.45) is 3.12. The van der Waals surface area contributed by atoms with Crippen molar-refractivity contribution in [3.05, 3.63) is 53.2 Å². The Morgan fingerprint density at radius 3 is 2.71 bits per heavy atom. The van der Waals surface area contributed by atoms with Gasteiger partial charge in [0.1, 0.15) is 5.69 Å². The van der Waals surface area contributed by atoms with Crippen LogP contribution in [0.2, 0.25) is 5.02 Å². The predicted octanol–water partition coefficient (Wildman–Crippen LogP) is 4.58. The van der Waals surface area contributed by atoms with Gasteiger partial charge in [0.25, 0.3) is 5.91 Å². The van der Waals surface area contributed by atoms with E-state index in [0.717, 1.165) is 30.2 Å². The second-order valence-electron chi connectivity index (χ2n) is 7.83. The van der Waals surface area contributed by atoms with Gasteiger partial charge >= 0.3 is 6.03 Å². The first-order valence-corrected chi connectivity index (χ1v) is 11.3. The van der Waals surface area contributed by atoms with E-state index in [0.29, 0.717) is 40.0 Å². The van der Waals surface area contributed by atoms with Crippen LogP contribution in [0.4, 0.5) is 16.2 Å². The van der Waals surface area contributed by atoms with Gasteiger partial charge in [-0.1, -0.05) is 37.4 Å². The molecule has 34 heavy (non-hydrogen) atoms. The molecule has 2 heterocycles. The Kier molecular flexibility index (Phi) is 7.07. The van der Waals surface area contributed by atoms with Crippen molar-refractivity contribution < 1.29 is 9.59 Å². The molecule has 0 saturated carbocycles. The molecule has 3 amide bonds. The number of amides is 3. The first kappa shape index (κ1) is 23.2. The van der Waals surface area contributed by atoms with Gasteiger partial charge in [0, 0.05) is 35.3 Å². The minimum atomic E-state index is -0.311. The number of carbonyl (C=O) groups excluding carboxylic acids is 2. The highest BCUT2D eigenvalue weighted by molar-refractivity contribution is 6.31. The molecule has 0 fully saturated rings. The number of unbranched alkanes of at least 4 members (excludes halogenated alkanes) is 2. The lowest BCUT2D eigenvalue weighted by atomic mass is 10.1. The van der Waals surface area contributed by atoms with Crippen LogP contribution in [-0.2, 0) is 7.05 Å². The van der Waals surface area contributed by atoms with Crippen LogP contribution in [0.1, 0.15) is 36.7 Å². The molecule has 0 aliphatic carbocycles.